The fraction of sp³-hybridized carbons (Fsp3) is 0.462. The maximum atomic E-state index is 12.3. The standard InChI is InChI=1S/C13H16BrNO/c1-9-5-6-12(14)11(8-9)13(16)15-7-3-4-10(15)2/h5-6,8,10H,3-4,7H2,1-2H3/t10-/m1/s1. The van der Waals surface area contributed by atoms with Crippen molar-refractivity contribution in [3.8, 4) is 0 Å². The number of hydrogen-bond acceptors (Lipinski definition) is 1. The zero-order valence-corrected chi connectivity index (χ0v) is 11.3. The Labute approximate surface area is 105 Å². The minimum absolute atomic E-state index is 0.153. The Morgan fingerprint density at radius 2 is 2.25 bits per heavy atom. The Balaban J connectivity index is 2.29. The van der Waals surface area contributed by atoms with Crippen molar-refractivity contribution in [2.24, 2.45) is 0 Å². The lowest BCUT2D eigenvalue weighted by molar-refractivity contribution is 0.0746. The number of carbonyl (C=O) groups excluding carboxylic acids is 1. The average Bonchev–Trinajstić information content (AvgIpc) is 2.67. The van der Waals surface area contributed by atoms with Crippen molar-refractivity contribution in [1.82, 2.24) is 4.90 Å². The highest BCUT2D eigenvalue weighted by Gasteiger charge is 2.26. The van der Waals surface area contributed by atoms with E-state index in [1.54, 1.807) is 0 Å². The molecule has 16 heavy (non-hydrogen) atoms. The molecule has 0 aromatic heterocycles. The van der Waals surface area contributed by atoms with E-state index in [-0.39, 0.29) is 5.91 Å². The van der Waals surface area contributed by atoms with Crippen molar-refractivity contribution < 1.29 is 4.79 Å². The quantitative estimate of drug-likeness (QED) is 0.773. The second-order valence-electron chi connectivity index (χ2n) is 4.47. The Bertz CT molecular complexity index is 416. The van der Waals surface area contributed by atoms with Crippen LogP contribution in [0.4, 0.5) is 0 Å². The molecule has 1 amide bonds. The lowest BCUT2D eigenvalue weighted by Crippen LogP contribution is -2.33. The summed E-state index contributed by atoms with van der Waals surface area (Å²) in [6.07, 6.45) is 2.24. The van der Waals surface area contributed by atoms with Gasteiger partial charge in [-0.1, -0.05) is 11.6 Å². The molecular formula is C13H16BrNO. The first kappa shape index (κ1) is 11.6. The van der Waals surface area contributed by atoms with Gasteiger partial charge in [-0.05, 0) is 54.8 Å². The Kier molecular flexibility index (Phi) is 3.33. The summed E-state index contributed by atoms with van der Waals surface area (Å²) in [7, 11) is 0. The monoisotopic (exact) mass is 281 g/mol. The highest BCUT2D eigenvalue weighted by Crippen LogP contribution is 2.24. The van der Waals surface area contributed by atoms with Gasteiger partial charge in [0.2, 0.25) is 0 Å². The molecule has 1 aromatic rings. The van der Waals surface area contributed by atoms with E-state index in [0.717, 1.165) is 35.0 Å². The summed E-state index contributed by atoms with van der Waals surface area (Å²) in [4.78, 5) is 14.3. The molecule has 3 heteroatoms. The first-order valence-corrected chi connectivity index (χ1v) is 6.46. The van der Waals surface area contributed by atoms with Crippen LogP contribution in [0.15, 0.2) is 22.7 Å². The molecule has 1 fully saturated rings. The highest BCUT2D eigenvalue weighted by atomic mass is 79.9. The molecule has 0 saturated carbocycles. The molecule has 1 aromatic carbocycles. The van der Waals surface area contributed by atoms with Crippen LogP contribution in [-0.4, -0.2) is 23.4 Å². The minimum atomic E-state index is 0.153. The fourth-order valence-electron chi connectivity index (χ4n) is 2.19. The van der Waals surface area contributed by atoms with Crippen molar-refractivity contribution in [1.29, 1.82) is 0 Å². The van der Waals surface area contributed by atoms with Crippen LogP contribution in [0.3, 0.4) is 0 Å². The SMILES string of the molecule is Cc1ccc(Br)c(C(=O)N2CCC[C@H]2C)c1. The van der Waals surface area contributed by atoms with Crippen LogP contribution in [0.2, 0.25) is 0 Å². The van der Waals surface area contributed by atoms with E-state index in [1.165, 1.54) is 0 Å². The van der Waals surface area contributed by atoms with Crippen molar-refractivity contribution >= 4 is 21.8 Å². The average molecular weight is 282 g/mol. The van der Waals surface area contributed by atoms with Gasteiger partial charge in [-0.2, -0.15) is 0 Å². The fourth-order valence-corrected chi connectivity index (χ4v) is 2.61. The molecular weight excluding hydrogens is 266 g/mol. The van der Waals surface area contributed by atoms with Gasteiger partial charge < -0.3 is 4.90 Å². The summed E-state index contributed by atoms with van der Waals surface area (Å²) >= 11 is 3.45. The predicted molar refractivity (Wildman–Crippen MR) is 68.6 cm³/mol. The zero-order chi connectivity index (χ0) is 11.7. The number of hydrogen-bond donors (Lipinski definition) is 0. The van der Waals surface area contributed by atoms with Gasteiger partial charge >= 0.3 is 0 Å². The molecule has 2 nitrogen and oxygen atoms in total. The molecule has 0 aliphatic carbocycles. The Hall–Kier alpha value is -0.830. The van der Waals surface area contributed by atoms with E-state index in [0.29, 0.717) is 6.04 Å². The number of likely N-dealkylation sites (tertiary alicyclic amines) is 1. The molecule has 0 spiro atoms. The van der Waals surface area contributed by atoms with Crippen LogP contribution in [-0.2, 0) is 0 Å². The van der Waals surface area contributed by atoms with Crippen LogP contribution >= 0.6 is 15.9 Å². The molecule has 0 N–H and O–H groups in total. The molecule has 0 radical (unpaired) electrons. The minimum Gasteiger partial charge on any atom is -0.336 e. The van der Waals surface area contributed by atoms with Crippen molar-refractivity contribution in [3.05, 3.63) is 33.8 Å². The third-order valence-corrected chi connectivity index (χ3v) is 3.86. The van der Waals surface area contributed by atoms with Gasteiger partial charge in [0.05, 0.1) is 5.56 Å². The van der Waals surface area contributed by atoms with Gasteiger partial charge in [-0.15, -0.1) is 0 Å². The highest BCUT2D eigenvalue weighted by molar-refractivity contribution is 9.10. The first-order valence-electron chi connectivity index (χ1n) is 5.66. The van der Waals surface area contributed by atoms with E-state index >= 15 is 0 Å². The molecule has 0 bridgehead atoms. The van der Waals surface area contributed by atoms with E-state index in [9.17, 15) is 4.79 Å². The number of amides is 1. The summed E-state index contributed by atoms with van der Waals surface area (Å²) in [6, 6.07) is 6.29. The number of rotatable bonds is 1. The Morgan fingerprint density at radius 1 is 1.50 bits per heavy atom. The van der Waals surface area contributed by atoms with E-state index in [4.69, 9.17) is 0 Å². The first-order chi connectivity index (χ1) is 7.59. The number of aryl methyl sites for hydroxylation is 1. The molecule has 1 aliphatic rings. The second kappa shape index (κ2) is 4.58. The molecule has 1 heterocycles. The maximum absolute atomic E-state index is 12.3. The number of nitrogens with zero attached hydrogens (tertiary/aromatic N) is 1. The van der Waals surface area contributed by atoms with Crippen LogP contribution < -0.4 is 0 Å². The van der Waals surface area contributed by atoms with Crippen LogP contribution in [0.1, 0.15) is 35.7 Å². The zero-order valence-electron chi connectivity index (χ0n) is 9.66. The summed E-state index contributed by atoms with van der Waals surface area (Å²) in [5, 5.41) is 0. The van der Waals surface area contributed by atoms with E-state index < -0.39 is 0 Å². The van der Waals surface area contributed by atoms with Crippen LogP contribution in [0.5, 0.6) is 0 Å². The molecule has 86 valence electrons. The van der Waals surface area contributed by atoms with Gasteiger partial charge in [0, 0.05) is 17.1 Å². The smallest absolute Gasteiger partial charge is 0.255 e. The lowest BCUT2D eigenvalue weighted by Gasteiger charge is -2.22. The van der Waals surface area contributed by atoms with Crippen molar-refractivity contribution in [2.75, 3.05) is 6.54 Å². The van der Waals surface area contributed by atoms with Crippen LogP contribution in [0.25, 0.3) is 0 Å². The molecule has 2 rings (SSSR count). The maximum Gasteiger partial charge on any atom is 0.255 e. The summed E-state index contributed by atoms with van der Waals surface area (Å²) < 4.78 is 0.891. The van der Waals surface area contributed by atoms with Gasteiger partial charge in [-0.25, -0.2) is 0 Å². The third-order valence-electron chi connectivity index (χ3n) is 3.17. The molecule has 1 saturated heterocycles. The number of benzene rings is 1. The number of carbonyl (C=O) groups is 1. The van der Waals surface area contributed by atoms with Crippen molar-refractivity contribution in [2.45, 2.75) is 32.7 Å². The second-order valence-corrected chi connectivity index (χ2v) is 5.33. The van der Waals surface area contributed by atoms with Crippen LogP contribution in [0, 0.1) is 6.92 Å². The Morgan fingerprint density at radius 3 is 2.88 bits per heavy atom. The summed E-state index contributed by atoms with van der Waals surface area (Å²) in [5.41, 5.74) is 1.91. The molecule has 0 unspecified atom stereocenters. The van der Waals surface area contributed by atoms with E-state index in [2.05, 4.69) is 22.9 Å². The van der Waals surface area contributed by atoms with Gasteiger partial charge in [0.15, 0.2) is 0 Å². The van der Waals surface area contributed by atoms with Crippen molar-refractivity contribution in [3.63, 3.8) is 0 Å². The third kappa shape index (κ3) is 2.14. The van der Waals surface area contributed by atoms with E-state index in [1.807, 2.05) is 30.0 Å². The largest absolute Gasteiger partial charge is 0.336 e. The number of halogens is 1. The topological polar surface area (TPSA) is 20.3 Å². The van der Waals surface area contributed by atoms with Gasteiger partial charge in [0.1, 0.15) is 0 Å². The molecule has 1 aliphatic heterocycles. The van der Waals surface area contributed by atoms with Gasteiger partial charge in [0.25, 0.3) is 5.91 Å². The normalized spacial score (nSPS) is 20.2. The summed E-state index contributed by atoms with van der Waals surface area (Å²) in [6.45, 7) is 5.02. The van der Waals surface area contributed by atoms with Gasteiger partial charge in [-0.3, -0.25) is 4.79 Å². The lowest BCUT2D eigenvalue weighted by atomic mass is 10.1. The summed E-state index contributed by atoms with van der Waals surface area (Å²) in [5.74, 6) is 0.153. The predicted octanol–water partition coefficient (Wildman–Crippen LogP) is 3.38. The molecule has 1 atom stereocenters.